The average Bonchev–Trinajstić information content (AvgIpc) is 2.81. The Morgan fingerprint density at radius 2 is 2.28 bits per heavy atom. The predicted octanol–water partition coefficient (Wildman–Crippen LogP) is 2.67. The van der Waals surface area contributed by atoms with Crippen LogP contribution in [0.4, 0.5) is 4.39 Å². The topological polar surface area (TPSA) is 42.7 Å². The third-order valence-electron chi connectivity index (χ3n) is 2.49. The van der Waals surface area contributed by atoms with Crippen molar-refractivity contribution in [2.24, 2.45) is 0 Å². The Hall–Kier alpha value is -1.27. The van der Waals surface area contributed by atoms with Gasteiger partial charge in [-0.1, -0.05) is 12.1 Å². The van der Waals surface area contributed by atoms with Gasteiger partial charge in [-0.3, -0.25) is 0 Å². The molecule has 4 nitrogen and oxygen atoms in total. The van der Waals surface area contributed by atoms with Crippen LogP contribution in [-0.2, 0) is 6.54 Å². The highest BCUT2D eigenvalue weighted by atomic mass is 79.9. The fraction of sp³-hybridized carbons (Fsp3) is 0.333. The van der Waals surface area contributed by atoms with Gasteiger partial charge < -0.3 is 5.32 Å². The summed E-state index contributed by atoms with van der Waals surface area (Å²) in [7, 11) is 0. The van der Waals surface area contributed by atoms with Crippen LogP contribution in [0.1, 0.15) is 19.0 Å². The maximum atomic E-state index is 13.3. The number of rotatable bonds is 5. The minimum atomic E-state index is -0.295. The van der Waals surface area contributed by atoms with Crippen LogP contribution in [0.2, 0.25) is 0 Å². The lowest BCUT2D eigenvalue weighted by Gasteiger charge is -2.08. The monoisotopic (exact) mass is 312 g/mol. The van der Waals surface area contributed by atoms with Gasteiger partial charge in [-0.25, -0.2) is 9.07 Å². The first-order valence-corrected chi connectivity index (χ1v) is 6.57. The van der Waals surface area contributed by atoms with Crippen molar-refractivity contribution in [2.45, 2.75) is 19.9 Å². The Morgan fingerprint density at radius 3 is 3.06 bits per heavy atom. The standard InChI is InChI=1S/C12H14BrFN4/c1-2-5-15-7-10-8-16-17-18(10)12-6-9(14)3-4-11(12)13/h3-4,6,8,15H,2,5,7H2,1H3. The van der Waals surface area contributed by atoms with Gasteiger partial charge in [0, 0.05) is 17.1 Å². The van der Waals surface area contributed by atoms with Crippen molar-refractivity contribution >= 4 is 15.9 Å². The summed E-state index contributed by atoms with van der Waals surface area (Å²) in [4.78, 5) is 0. The first-order chi connectivity index (χ1) is 8.72. The van der Waals surface area contributed by atoms with Crippen molar-refractivity contribution in [3.63, 3.8) is 0 Å². The number of benzene rings is 1. The third-order valence-corrected chi connectivity index (χ3v) is 3.16. The number of aromatic nitrogens is 3. The summed E-state index contributed by atoms with van der Waals surface area (Å²) in [5.74, 6) is -0.295. The van der Waals surface area contributed by atoms with Crippen LogP contribution >= 0.6 is 15.9 Å². The molecule has 0 atom stereocenters. The van der Waals surface area contributed by atoms with E-state index in [9.17, 15) is 4.39 Å². The van der Waals surface area contributed by atoms with Crippen LogP contribution in [-0.4, -0.2) is 21.5 Å². The summed E-state index contributed by atoms with van der Waals surface area (Å²) in [5.41, 5.74) is 1.55. The number of nitrogens with zero attached hydrogens (tertiary/aromatic N) is 3. The molecule has 0 saturated carbocycles. The molecule has 2 rings (SSSR count). The zero-order valence-electron chi connectivity index (χ0n) is 10.0. The number of hydrogen-bond donors (Lipinski definition) is 1. The van der Waals surface area contributed by atoms with E-state index in [2.05, 4.69) is 38.5 Å². The van der Waals surface area contributed by atoms with E-state index in [0.29, 0.717) is 12.2 Å². The highest BCUT2D eigenvalue weighted by Gasteiger charge is 2.10. The fourth-order valence-electron chi connectivity index (χ4n) is 1.62. The van der Waals surface area contributed by atoms with Crippen LogP contribution < -0.4 is 5.32 Å². The van der Waals surface area contributed by atoms with Gasteiger partial charge in [-0.2, -0.15) is 0 Å². The summed E-state index contributed by atoms with van der Waals surface area (Å²) in [6.45, 7) is 3.69. The summed E-state index contributed by atoms with van der Waals surface area (Å²) in [5, 5.41) is 11.1. The van der Waals surface area contributed by atoms with Crippen LogP contribution in [0.3, 0.4) is 0 Å². The average molecular weight is 313 g/mol. The van der Waals surface area contributed by atoms with Crippen LogP contribution in [0.5, 0.6) is 0 Å². The first kappa shape index (κ1) is 13.2. The van der Waals surface area contributed by atoms with Gasteiger partial charge in [0.2, 0.25) is 0 Å². The zero-order valence-corrected chi connectivity index (χ0v) is 11.6. The molecule has 0 unspecified atom stereocenters. The lowest BCUT2D eigenvalue weighted by Crippen LogP contribution is -2.17. The molecular formula is C12H14BrFN4. The molecule has 0 saturated heterocycles. The van der Waals surface area contributed by atoms with Gasteiger partial charge in [0.25, 0.3) is 0 Å². The normalized spacial score (nSPS) is 10.8. The third kappa shape index (κ3) is 2.94. The second kappa shape index (κ2) is 6.06. The predicted molar refractivity (Wildman–Crippen MR) is 71.0 cm³/mol. The molecule has 96 valence electrons. The van der Waals surface area contributed by atoms with Gasteiger partial charge in [-0.05, 0) is 41.0 Å². The van der Waals surface area contributed by atoms with Gasteiger partial charge in [0.1, 0.15) is 5.82 Å². The molecule has 18 heavy (non-hydrogen) atoms. The van der Waals surface area contributed by atoms with Gasteiger partial charge in [-0.15, -0.1) is 5.10 Å². The molecule has 0 spiro atoms. The van der Waals surface area contributed by atoms with E-state index in [1.807, 2.05) is 0 Å². The smallest absolute Gasteiger partial charge is 0.125 e. The van der Waals surface area contributed by atoms with Crippen molar-refractivity contribution in [3.05, 3.63) is 40.4 Å². The molecule has 6 heteroatoms. The number of nitrogens with one attached hydrogen (secondary N) is 1. The van der Waals surface area contributed by atoms with E-state index in [1.165, 1.54) is 12.1 Å². The molecule has 0 amide bonds. The van der Waals surface area contributed by atoms with Crippen molar-refractivity contribution < 1.29 is 4.39 Å². The van der Waals surface area contributed by atoms with E-state index in [-0.39, 0.29) is 5.82 Å². The maximum absolute atomic E-state index is 13.3. The summed E-state index contributed by atoms with van der Waals surface area (Å²) < 4.78 is 15.7. The van der Waals surface area contributed by atoms with E-state index >= 15 is 0 Å². The van der Waals surface area contributed by atoms with Crippen molar-refractivity contribution in [3.8, 4) is 5.69 Å². The molecule has 0 aliphatic carbocycles. The lowest BCUT2D eigenvalue weighted by molar-refractivity contribution is 0.618. The minimum absolute atomic E-state index is 0.295. The van der Waals surface area contributed by atoms with Crippen LogP contribution in [0, 0.1) is 5.82 Å². The molecule has 0 bridgehead atoms. The van der Waals surface area contributed by atoms with E-state index < -0.39 is 0 Å². The molecule has 1 heterocycles. The molecule has 1 aromatic carbocycles. The van der Waals surface area contributed by atoms with Crippen LogP contribution in [0.15, 0.2) is 28.9 Å². The number of hydrogen-bond acceptors (Lipinski definition) is 3. The molecule has 0 radical (unpaired) electrons. The van der Waals surface area contributed by atoms with Gasteiger partial charge >= 0.3 is 0 Å². The quantitative estimate of drug-likeness (QED) is 0.863. The van der Waals surface area contributed by atoms with Gasteiger partial charge in [0.05, 0.1) is 17.6 Å². The largest absolute Gasteiger partial charge is 0.311 e. The Kier molecular flexibility index (Phi) is 4.43. The second-order valence-corrected chi connectivity index (χ2v) is 4.76. The van der Waals surface area contributed by atoms with Crippen molar-refractivity contribution in [1.82, 2.24) is 20.3 Å². The highest BCUT2D eigenvalue weighted by molar-refractivity contribution is 9.10. The minimum Gasteiger partial charge on any atom is -0.311 e. The van der Waals surface area contributed by atoms with Crippen LogP contribution in [0.25, 0.3) is 5.69 Å². The highest BCUT2D eigenvalue weighted by Crippen LogP contribution is 2.22. The molecular weight excluding hydrogens is 299 g/mol. The zero-order chi connectivity index (χ0) is 13.0. The maximum Gasteiger partial charge on any atom is 0.125 e. The van der Waals surface area contributed by atoms with E-state index in [0.717, 1.165) is 23.1 Å². The first-order valence-electron chi connectivity index (χ1n) is 5.78. The Labute approximate surface area is 113 Å². The van der Waals surface area contributed by atoms with Crippen molar-refractivity contribution in [1.29, 1.82) is 0 Å². The SMILES string of the molecule is CCCNCc1cnnn1-c1cc(F)ccc1Br. The summed E-state index contributed by atoms with van der Waals surface area (Å²) in [6.07, 6.45) is 2.74. The Balaban J connectivity index is 2.27. The number of halogens is 2. The molecule has 0 aliphatic rings. The van der Waals surface area contributed by atoms with E-state index in [1.54, 1.807) is 16.9 Å². The Bertz CT molecular complexity index is 527. The molecule has 0 fully saturated rings. The van der Waals surface area contributed by atoms with Crippen molar-refractivity contribution in [2.75, 3.05) is 6.54 Å². The fourth-order valence-corrected chi connectivity index (χ4v) is 2.04. The summed E-state index contributed by atoms with van der Waals surface area (Å²) in [6, 6.07) is 4.50. The Morgan fingerprint density at radius 1 is 1.44 bits per heavy atom. The second-order valence-electron chi connectivity index (χ2n) is 3.91. The van der Waals surface area contributed by atoms with Gasteiger partial charge in [0.15, 0.2) is 0 Å². The molecule has 2 aromatic rings. The summed E-state index contributed by atoms with van der Waals surface area (Å²) >= 11 is 3.39. The lowest BCUT2D eigenvalue weighted by atomic mass is 10.3. The molecule has 1 N–H and O–H groups in total. The molecule has 0 aliphatic heterocycles. The molecule has 1 aromatic heterocycles. The van der Waals surface area contributed by atoms with E-state index in [4.69, 9.17) is 0 Å².